The van der Waals surface area contributed by atoms with Crippen LogP contribution < -0.4 is 0 Å². The molecule has 2 aromatic rings. The molecule has 16 heavy (non-hydrogen) atoms. The van der Waals surface area contributed by atoms with E-state index < -0.39 is 0 Å². The van der Waals surface area contributed by atoms with Gasteiger partial charge >= 0.3 is 0 Å². The highest BCUT2D eigenvalue weighted by molar-refractivity contribution is 5.53. The highest BCUT2D eigenvalue weighted by atomic mass is 16.3. The summed E-state index contributed by atoms with van der Waals surface area (Å²) in [6, 6.07) is 4.06. The summed E-state index contributed by atoms with van der Waals surface area (Å²) in [4.78, 5) is 4.57. The minimum atomic E-state index is 0.439. The van der Waals surface area contributed by atoms with Crippen molar-refractivity contribution in [2.45, 2.75) is 32.6 Å². The Labute approximate surface area is 96.1 Å². The molecule has 0 saturated carbocycles. The predicted octanol–water partition coefficient (Wildman–Crippen LogP) is 3.58. The summed E-state index contributed by atoms with van der Waals surface area (Å²) in [6.07, 6.45) is 5.91. The summed E-state index contributed by atoms with van der Waals surface area (Å²) < 4.78 is 7.61. The maximum atomic E-state index is 5.56. The first-order valence-corrected chi connectivity index (χ1v) is 5.83. The largest absolute Gasteiger partial charge is 0.448 e. The van der Waals surface area contributed by atoms with Crippen molar-refractivity contribution < 1.29 is 4.42 Å². The summed E-state index contributed by atoms with van der Waals surface area (Å²) in [5.41, 5.74) is 2.02. The van der Waals surface area contributed by atoms with Gasteiger partial charge in [0, 0.05) is 19.2 Å². The molecule has 0 N–H and O–H groups in total. The molecule has 0 aliphatic heterocycles. The summed E-state index contributed by atoms with van der Waals surface area (Å²) in [7, 11) is 2.01. The maximum absolute atomic E-state index is 5.56. The van der Waals surface area contributed by atoms with E-state index in [0.717, 1.165) is 30.1 Å². The van der Waals surface area contributed by atoms with Gasteiger partial charge in [0.15, 0.2) is 5.89 Å². The van der Waals surface area contributed by atoms with Gasteiger partial charge in [-0.3, -0.25) is 0 Å². The van der Waals surface area contributed by atoms with Gasteiger partial charge in [0.2, 0.25) is 0 Å². The minimum Gasteiger partial charge on any atom is -0.448 e. The highest BCUT2D eigenvalue weighted by Gasteiger charge is 2.15. The van der Waals surface area contributed by atoms with Gasteiger partial charge in [-0.05, 0) is 25.0 Å². The zero-order valence-corrected chi connectivity index (χ0v) is 10.1. The molecule has 0 spiro atoms. The lowest BCUT2D eigenvalue weighted by Gasteiger charge is -2.05. The molecule has 2 aromatic heterocycles. The van der Waals surface area contributed by atoms with Crippen LogP contribution >= 0.6 is 0 Å². The van der Waals surface area contributed by atoms with Crippen molar-refractivity contribution in [2.75, 3.05) is 0 Å². The molecule has 0 fully saturated rings. The van der Waals surface area contributed by atoms with E-state index >= 15 is 0 Å². The van der Waals surface area contributed by atoms with E-state index in [0.29, 0.717) is 5.92 Å². The SMILES string of the molecule is CCC(CC)c1nc(-c2cccn2C)co1. The predicted molar refractivity (Wildman–Crippen MR) is 64.2 cm³/mol. The molecule has 0 saturated heterocycles. The lowest BCUT2D eigenvalue weighted by atomic mass is 10.0. The number of nitrogens with zero attached hydrogens (tertiary/aromatic N) is 2. The number of hydrogen-bond donors (Lipinski definition) is 0. The van der Waals surface area contributed by atoms with Crippen LogP contribution in [0.4, 0.5) is 0 Å². The molecule has 0 aliphatic rings. The third-order valence-electron chi connectivity index (χ3n) is 3.06. The number of aryl methyl sites for hydroxylation is 1. The molecule has 0 amide bonds. The topological polar surface area (TPSA) is 31.0 Å². The second-order valence-corrected chi connectivity index (χ2v) is 4.09. The number of hydrogen-bond acceptors (Lipinski definition) is 2. The van der Waals surface area contributed by atoms with Gasteiger partial charge in [-0.15, -0.1) is 0 Å². The first kappa shape index (κ1) is 11.0. The van der Waals surface area contributed by atoms with Gasteiger partial charge < -0.3 is 8.98 Å². The Morgan fingerprint density at radius 1 is 1.38 bits per heavy atom. The molecule has 0 aromatic carbocycles. The van der Waals surface area contributed by atoms with Crippen LogP contribution in [0.3, 0.4) is 0 Å². The number of aromatic nitrogens is 2. The van der Waals surface area contributed by atoms with Crippen molar-refractivity contribution >= 4 is 0 Å². The van der Waals surface area contributed by atoms with Gasteiger partial charge in [0.25, 0.3) is 0 Å². The first-order valence-electron chi connectivity index (χ1n) is 5.83. The van der Waals surface area contributed by atoms with E-state index in [1.165, 1.54) is 0 Å². The van der Waals surface area contributed by atoms with Crippen LogP contribution in [0.15, 0.2) is 29.0 Å². The van der Waals surface area contributed by atoms with E-state index in [9.17, 15) is 0 Å². The summed E-state index contributed by atoms with van der Waals surface area (Å²) in [6.45, 7) is 4.33. The Balaban J connectivity index is 2.29. The third-order valence-corrected chi connectivity index (χ3v) is 3.06. The Kier molecular flexibility index (Phi) is 3.13. The Bertz CT molecular complexity index is 452. The fourth-order valence-electron chi connectivity index (χ4n) is 1.96. The number of rotatable bonds is 4. The van der Waals surface area contributed by atoms with Crippen molar-refractivity contribution in [3.8, 4) is 11.4 Å². The standard InChI is InChI=1S/C13H18N2O/c1-4-10(5-2)13-14-11(9-16-13)12-7-6-8-15(12)3/h6-10H,4-5H2,1-3H3. The van der Waals surface area contributed by atoms with Crippen LogP contribution in [0.5, 0.6) is 0 Å². The van der Waals surface area contributed by atoms with Gasteiger partial charge in [-0.25, -0.2) is 4.98 Å². The maximum Gasteiger partial charge on any atom is 0.197 e. The Morgan fingerprint density at radius 3 is 2.69 bits per heavy atom. The average Bonchev–Trinajstić information content (AvgIpc) is 2.89. The van der Waals surface area contributed by atoms with Gasteiger partial charge in [-0.1, -0.05) is 13.8 Å². The van der Waals surface area contributed by atoms with Crippen LogP contribution in [0.1, 0.15) is 38.5 Å². The van der Waals surface area contributed by atoms with Crippen molar-refractivity contribution in [3.05, 3.63) is 30.5 Å². The smallest absolute Gasteiger partial charge is 0.197 e. The van der Waals surface area contributed by atoms with Crippen LogP contribution in [-0.2, 0) is 7.05 Å². The number of oxazole rings is 1. The van der Waals surface area contributed by atoms with Crippen molar-refractivity contribution in [2.24, 2.45) is 7.05 Å². The minimum absolute atomic E-state index is 0.439. The monoisotopic (exact) mass is 218 g/mol. The van der Waals surface area contributed by atoms with Crippen molar-refractivity contribution in [1.29, 1.82) is 0 Å². The molecule has 0 bridgehead atoms. The van der Waals surface area contributed by atoms with E-state index in [-0.39, 0.29) is 0 Å². The lowest BCUT2D eigenvalue weighted by molar-refractivity contribution is 0.431. The quantitative estimate of drug-likeness (QED) is 0.785. The Morgan fingerprint density at radius 2 is 2.12 bits per heavy atom. The molecule has 2 heterocycles. The van der Waals surface area contributed by atoms with E-state index in [1.807, 2.05) is 19.3 Å². The van der Waals surface area contributed by atoms with Crippen LogP contribution in [-0.4, -0.2) is 9.55 Å². The van der Waals surface area contributed by atoms with Crippen molar-refractivity contribution in [3.63, 3.8) is 0 Å². The van der Waals surface area contributed by atoms with E-state index in [1.54, 1.807) is 6.26 Å². The fourth-order valence-corrected chi connectivity index (χ4v) is 1.96. The molecule has 3 nitrogen and oxygen atoms in total. The van der Waals surface area contributed by atoms with Crippen LogP contribution in [0.2, 0.25) is 0 Å². The summed E-state index contributed by atoms with van der Waals surface area (Å²) in [5.74, 6) is 1.30. The zero-order valence-electron chi connectivity index (χ0n) is 10.1. The van der Waals surface area contributed by atoms with Crippen molar-refractivity contribution in [1.82, 2.24) is 9.55 Å². The van der Waals surface area contributed by atoms with Gasteiger partial charge in [0.05, 0.1) is 5.69 Å². The van der Waals surface area contributed by atoms with Crippen LogP contribution in [0, 0.1) is 0 Å². The normalized spacial score (nSPS) is 11.2. The molecule has 0 atom stereocenters. The fraction of sp³-hybridized carbons (Fsp3) is 0.462. The molecule has 0 aliphatic carbocycles. The summed E-state index contributed by atoms with van der Waals surface area (Å²) in [5, 5.41) is 0. The molecule has 0 radical (unpaired) electrons. The van der Waals surface area contributed by atoms with E-state index in [4.69, 9.17) is 4.42 Å². The highest BCUT2D eigenvalue weighted by Crippen LogP contribution is 2.26. The second kappa shape index (κ2) is 4.56. The zero-order chi connectivity index (χ0) is 11.5. The van der Waals surface area contributed by atoms with Crippen LogP contribution in [0.25, 0.3) is 11.4 Å². The molecule has 0 unspecified atom stereocenters. The molecule has 3 heteroatoms. The van der Waals surface area contributed by atoms with E-state index in [2.05, 4.69) is 29.5 Å². The summed E-state index contributed by atoms with van der Waals surface area (Å²) >= 11 is 0. The van der Waals surface area contributed by atoms with Gasteiger partial charge in [0.1, 0.15) is 12.0 Å². The second-order valence-electron chi connectivity index (χ2n) is 4.09. The Hall–Kier alpha value is -1.51. The third kappa shape index (κ3) is 1.90. The first-order chi connectivity index (χ1) is 7.76. The molecule has 2 rings (SSSR count). The molecule has 86 valence electrons. The molecular weight excluding hydrogens is 200 g/mol. The lowest BCUT2D eigenvalue weighted by Crippen LogP contribution is -1.96. The average molecular weight is 218 g/mol. The van der Waals surface area contributed by atoms with Gasteiger partial charge in [-0.2, -0.15) is 0 Å². The molecular formula is C13H18N2O.